The largest absolute Gasteiger partial charge is 0.289 e. The molecule has 3 rings (SSSR count). The minimum absolute atomic E-state index is 0.0411. The summed E-state index contributed by atoms with van der Waals surface area (Å²) in [6, 6.07) is 10.8. The molecule has 21 heavy (non-hydrogen) atoms. The lowest BCUT2D eigenvalue weighted by Gasteiger charge is -2.03. The van der Waals surface area contributed by atoms with Gasteiger partial charge in [-0.2, -0.15) is 8.42 Å². The molecule has 0 aromatic heterocycles. The number of nitrogens with zero attached hydrogens (tertiary/aromatic N) is 2. The second-order valence-corrected chi connectivity index (χ2v) is 8.56. The predicted molar refractivity (Wildman–Crippen MR) is 80.7 cm³/mol. The molecule has 1 aliphatic heterocycles. The van der Waals surface area contributed by atoms with Gasteiger partial charge in [-0.25, -0.2) is 0 Å². The van der Waals surface area contributed by atoms with Gasteiger partial charge in [0.25, 0.3) is 15.7 Å². The smallest absolute Gasteiger partial charge is 0.258 e. The van der Waals surface area contributed by atoms with Crippen LogP contribution in [0.1, 0.15) is 0 Å². The fourth-order valence-electron chi connectivity index (χ4n) is 1.89. The van der Waals surface area contributed by atoms with Gasteiger partial charge in [0, 0.05) is 21.5 Å². The molecule has 2 aromatic carbocycles. The van der Waals surface area contributed by atoms with Crippen LogP contribution in [-0.4, -0.2) is 13.3 Å². The first-order valence-corrected chi connectivity index (χ1v) is 9.06. The summed E-state index contributed by atoms with van der Waals surface area (Å²) in [5.41, 5.74) is -0.143. The number of non-ortho nitro benzene ring substituents is 1. The number of nitro groups is 1. The molecule has 1 heterocycles. The molecule has 0 fully saturated rings. The summed E-state index contributed by atoms with van der Waals surface area (Å²) in [6.45, 7) is 0. The van der Waals surface area contributed by atoms with Crippen molar-refractivity contribution in [3.8, 4) is 0 Å². The third kappa shape index (κ3) is 2.52. The van der Waals surface area contributed by atoms with E-state index in [0.29, 0.717) is 9.79 Å². The predicted octanol–water partition coefficient (Wildman–Crippen LogP) is 3.28. The maximum atomic E-state index is 12.0. The van der Waals surface area contributed by atoms with E-state index in [1.165, 1.54) is 18.2 Å². The normalized spacial score (nSPS) is 18.8. The maximum absolute atomic E-state index is 12.0. The summed E-state index contributed by atoms with van der Waals surface area (Å²) in [4.78, 5) is 11.4. The van der Waals surface area contributed by atoms with Gasteiger partial charge in [0.05, 0.1) is 9.82 Å². The first kappa shape index (κ1) is 14.4. The number of benzene rings is 2. The second kappa shape index (κ2) is 5.00. The van der Waals surface area contributed by atoms with Gasteiger partial charge in [0.2, 0.25) is 0 Å². The van der Waals surface area contributed by atoms with E-state index in [4.69, 9.17) is 0 Å². The minimum Gasteiger partial charge on any atom is -0.258 e. The number of nitro benzene ring substituents is 1. The molecule has 0 unspecified atom stereocenters. The fraction of sp³-hybridized carbons (Fsp3) is 0. The molecule has 0 N–H and O–H groups in total. The van der Waals surface area contributed by atoms with Crippen molar-refractivity contribution >= 4 is 42.3 Å². The number of sulfonamides is 1. The number of rotatable bonds is 2. The van der Waals surface area contributed by atoms with Gasteiger partial charge in [0.1, 0.15) is 4.90 Å². The summed E-state index contributed by atoms with van der Waals surface area (Å²) >= 11 is 3.30. The van der Waals surface area contributed by atoms with Gasteiger partial charge < -0.3 is 0 Å². The Morgan fingerprint density at radius 2 is 1.81 bits per heavy atom. The van der Waals surface area contributed by atoms with Crippen LogP contribution in [-0.2, 0) is 20.7 Å². The van der Waals surface area contributed by atoms with Crippen LogP contribution in [0.3, 0.4) is 0 Å². The Bertz CT molecular complexity index is 892. The molecule has 1 atom stereocenters. The van der Waals surface area contributed by atoms with E-state index in [-0.39, 0.29) is 10.6 Å². The number of fused-ring (bicyclic) bond motifs is 1. The quantitative estimate of drug-likeness (QED) is 0.584. The molecule has 9 heteroatoms. The molecule has 0 saturated carbocycles. The van der Waals surface area contributed by atoms with Gasteiger partial charge in [-0.3, -0.25) is 10.1 Å². The van der Waals surface area contributed by atoms with E-state index in [1.807, 2.05) is 0 Å². The number of hydrogen-bond acceptors (Lipinski definition) is 4. The number of halogens is 1. The van der Waals surface area contributed by atoms with E-state index in [2.05, 4.69) is 19.7 Å². The molecular formula is C12H7BrN2O4S2. The summed E-state index contributed by atoms with van der Waals surface area (Å²) in [6.07, 6.45) is 0. The average molecular weight is 387 g/mol. The maximum Gasteiger partial charge on any atom is 0.289 e. The fourth-order valence-corrected chi connectivity index (χ4v) is 6.17. The van der Waals surface area contributed by atoms with Crippen molar-refractivity contribution in [1.82, 2.24) is 0 Å². The van der Waals surface area contributed by atoms with Crippen molar-refractivity contribution in [2.45, 2.75) is 14.7 Å². The van der Waals surface area contributed by atoms with Gasteiger partial charge in [-0.1, -0.05) is 15.9 Å². The Hall–Kier alpha value is -1.58. The topological polar surface area (TPSA) is 89.6 Å². The molecule has 0 aliphatic carbocycles. The Labute approximate surface area is 131 Å². The van der Waals surface area contributed by atoms with Crippen molar-refractivity contribution in [2.75, 3.05) is 0 Å². The van der Waals surface area contributed by atoms with Crippen molar-refractivity contribution in [3.63, 3.8) is 0 Å². The van der Waals surface area contributed by atoms with E-state index < -0.39 is 25.6 Å². The summed E-state index contributed by atoms with van der Waals surface area (Å²) < 4.78 is 28.8. The Balaban J connectivity index is 2.24. The molecule has 1 aliphatic rings. The molecule has 0 bridgehead atoms. The monoisotopic (exact) mass is 386 g/mol. The van der Waals surface area contributed by atoms with Gasteiger partial charge in [0.15, 0.2) is 0 Å². The minimum atomic E-state index is -3.75. The molecule has 6 nitrogen and oxygen atoms in total. The van der Waals surface area contributed by atoms with Gasteiger partial charge >= 0.3 is 0 Å². The summed E-state index contributed by atoms with van der Waals surface area (Å²) in [5, 5.41) is 10.9. The zero-order chi connectivity index (χ0) is 15.2. The molecule has 0 saturated heterocycles. The Kier molecular flexibility index (Phi) is 3.42. The molecule has 0 radical (unpaired) electrons. The van der Waals surface area contributed by atoms with Crippen molar-refractivity contribution < 1.29 is 13.3 Å². The number of hydrogen-bond donors (Lipinski definition) is 0. The summed E-state index contributed by atoms with van der Waals surface area (Å²) in [5.74, 6) is 0. The lowest BCUT2D eigenvalue weighted by molar-refractivity contribution is -0.385. The molecule has 0 spiro atoms. The third-order valence-electron chi connectivity index (χ3n) is 2.83. The highest BCUT2D eigenvalue weighted by atomic mass is 79.9. The molecule has 0 amide bonds. The van der Waals surface area contributed by atoms with Crippen LogP contribution >= 0.6 is 15.9 Å². The molecule has 2 aromatic rings. The SMILES string of the molecule is O=[N+]([O-])c1ccc2c(c1)[S@@](c1ccc(Br)cc1)=NS2(=O)=O. The van der Waals surface area contributed by atoms with Crippen LogP contribution in [0.25, 0.3) is 0 Å². The van der Waals surface area contributed by atoms with Crippen LogP contribution in [0.2, 0.25) is 0 Å². The highest BCUT2D eigenvalue weighted by Crippen LogP contribution is 2.36. The van der Waals surface area contributed by atoms with E-state index in [9.17, 15) is 18.5 Å². The van der Waals surface area contributed by atoms with Crippen LogP contribution in [0, 0.1) is 10.1 Å². The summed E-state index contributed by atoms with van der Waals surface area (Å²) in [7, 11) is -4.81. The molecule has 108 valence electrons. The van der Waals surface area contributed by atoms with Crippen LogP contribution < -0.4 is 0 Å². The lowest BCUT2D eigenvalue weighted by Crippen LogP contribution is -1.96. The highest BCUT2D eigenvalue weighted by Gasteiger charge is 2.30. The van der Waals surface area contributed by atoms with Gasteiger partial charge in [-0.15, -0.1) is 3.77 Å². The second-order valence-electron chi connectivity index (χ2n) is 4.18. The lowest BCUT2D eigenvalue weighted by atomic mass is 10.3. The van der Waals surface area contributed by atoms with E-state index in [0.717, 1.165) is 4.47 Å². The third-order valence-corrected chi connectivity index (χ3v) is 7.26. The zero-order valence-corrected chi connectivity index (χ0v) is 13.5. The Morgan fingerprint density at radius 1 is 1.14 bits per heavy atom. The van der Waals surface area contributed by atoms with Crippen LogP contribution in [0.5, 0.6) is 0 Å². The van der Waals surface area contributed by atoms with Gasteiger partial charge in [-0.05, 0) is 41.0 Å². The molecular weight excluding hydrogens is 380 g/mol. The van der Waals surface area contributed by atoms with Crippen LogP contribution in [0.15, 0.2) is 65.4 Å². The Morgan fingerprint density at radius 3 is 2.43 bits per heavy atom. The van der Waals surface area contributed by atoms with E-state index in [1.54, 1.807) is 24.3 Å². The first-order valence-electron chi connectivity index (χ1n) is 5.65. The standard InChI is InChI=1S/C12H7BrN2O4S2/c13-8-1-4-10(5-2-8)20-11-7-9(15(16)17)3-6-12(11)21(18,19)14-20/h1-7H/t20-/m1/s1. The van der Waals surface area contributed by atoms with Crippen molar-refractivity contribution in [2.24, 2.45) is 3.77 Å². The highest BCUT2D eigenvalue weighted by molar-refractivity contribution is 9.10. The average Bonchev–Trinajstić information content (AvgIpc) is 2.71. The van der Waals surface area contributed by atoms with Crippen molar-refractivity contribution in [3.05, 3.63) is 57.1 Å². The van der Waals surface area contributed by atoms with Crippen molar-refractivity contribution in [1.29, 1.82) is 0 Å². The first-order chi connectivity index (χ1) is 9.88. The van der Waals surface area contributed by atoms with Crippen LogP contribution in [0.4, 0.5) is 5.69 Å². The zero-order valence-electron chi connectivity index (χ0n) is 10.3. The van der Waals surface area contributed by atoms with E-state index >= 15 is 0 Å².